The molecular weight excluding hydrogens is 224 g/mol. The molecule has 94 valence electrons. The van der Waals surface area contributed by atoms with Crippen LogP contribution in [0.5, 0.6) is 0 Å². The average Bonchev–Trinajstić information content (AvgIpc) is 2.62. The van der Waals surface area contributed by atoms with E-state index in [2.05, 4.69) is 30.9 Å². The van der Waals surface area contributed by atoms with Gasteiger partial charge in [0.2, 0.25) is 5.91 Å². The van der Waals surface area contributed by atoms with Gasteiger partial charge in [-0.05, 0) is 24.6 Å². The molecule has 0 saturated carbocycles. The minimum absolute atomic E-state index is 0.182. The maximum atomic E-state index is 12.3. The quantitative estimate of drug-likeness (QED) is 0.768. The van der Waals surface area contributed by atoms with Gasteiger partial charge in [-0.1, -0.05) is 32.0 Å². The summed E-state index contributed by atoms with van der Waals surface area (Å²) in [5.41, 5.74) is 3.56. The minimum atomic E-state index is 0.182. The van der Waals surface area contributed by atoms with E-state index in [-0.39, 0.29) is 5.91 Å². The molecule has 0 spiro atoms. The number of carbonyl (C=O) groups is 1. The van der Waals surface area contributed by atoms with E-state index >= 15 is 0 Å². The fourth-order valence-electron chi connectivity index (χ4n) is 3.02. The highest BCUT2D eigenvalue weighted by atomic mass is 16.2. The minimum Gasteiger partial charge on any atom is -0.292 e. The van der Waals surface area contributed by atoms with Gasteiger partial charge in [0.1, 0.15) is 0 Å². The second kappa shape index (κ2) is 3.95. The SMILES string of the molecule is CC(C)c1c2n(c3ccccc13)C(=O)CN(C)C2. The van der Waals surface area contributed by atoms with Crippen LogP contribution in [0.2, 0.25) is 0 Å². The summed E-state index contributed by atoms with van der Waals surface area (Å²) in [5, 5.41) is 1.23. The summed E-state index contributed by atoms with van der Waals surface area (Å²) in [6, 6.07) is 8.23. The Hall–Kier alpha value is -1.61. The molecule has 1 aliphatic rings. The Labute approximate surface area is 107 Å². The number of fused-ring (bicyclic) bond motifs is 3. The molecule has 3 nitrogen and oxygen atoms in total. The van der Waals surface area contributed by atoms with Crippen molar-refractivity contribution in [2.45, 2.75) is 26.3 Å². The van der Waals surface area contributed by atoms with E-state index in [1.165, 1.54) is 16.6 Å². The number of benzene rings is 1. The number of aromatic nitrogens is 1. The molecule has 0 radical (unpaired) electrons. The monoisotopic (exact) mass is 242 g/mol. The number of nitrogens with zero attached hydrogens (tertiary/aromatic N) is 2. The van der Waals surface area contributed by atoms with Crippen LogP contribution in [0.1, 0.15) is 35.8 Å². The summed E-state index contributed by atoms with van der Waals surface area (Å²) in [6.07, 6.45) is 0. The van der Waals surface area contributed by atoms with E-state index in [1.807, 2.05) is 23.7 Å². The van der Waals surface area contributed by atoms with Crippen LogP contribution in [0, 0.1) is 0 Å². The van der Waals surface area contributed by atoms with Crippen LogP contribution in [-0.2, 0) is 6.54 Å². The van der Waals surface area contributed by atoms with Gasteiger partial charge in [-0.25, -0.2) is 0 Å². The molecule has 2 heterocycles. The lowest BCUT2D eigenvalue weighted by atomic mass is 9.99. The Bertz CT molecular complexity index is 625. The number of hydrogen-bond donors (Lipinski definition) is 0. The normalized spacial score (nSPS) is 16.6. The Balaban J connectivity index is 2.39. The molecular formula is C15H18N2O. The summed E-state index contributed by atoms with van der Waals surface area (Å²) in [5.74, 6) is 0.618. The van der Waals surface area contributed by atoms with Crippen molar-refractivity contribution in [3.05, 3.63) is 35.5 Å². The van der Waals surface area contributed by atoms with Crippen molar-refractivity contribution >= 4 is 16.8 Å². The number of hydrogen-bond acceptors (Lipinski definition) is 2. The molecule has 0 amide bonds. The molecule has 0 fully saturated rings. The first-order valence-corrected chi connectivity index (χ1v) is 6.43. The maximum Gasteiger partial charge on any atom is 0.245 e. The van der Waals surface area contributed by atoms with Crippen molar-refractivity contribution in [1.82, 2.24) is 9.47 Å². The summed E-state index contributed by atoms with van der Waals surface area (Å²) in [4.78, 5) is 14.4. The van der Waals surface area contributed by atoms with Gasteiger partial charge in [-0.2, -0.15) is 0 Å². The van der Waals surface area contributed by atoms with E-state index in [1.54, 1.807) is 0 Å². The number of carbonyl (C=O) groups excluding carboxylic acids is 1. The Morgan fingerprint density at radius 2 is 1.89 bits per heavy atom. The summed E-state index contributed by atoms with van der Waals surface area (Å²) < 4.78 is 1.92. The van der Waals surface area contributed by atoms with E-state index in [9.17, 15) is 4.79 Å². The first-order chi connectivity index (χ1) is 8.59. The lowest BCUT2D eigenvalue weighted by molar-refractivity contribution is 0.0825. The average molecular weight is 242 g/mol. The Morgan fingerprint density at radius 3 is 2.61 bits per heavy atom. The summed E-state index contributed by atoms with van der Waals surface area (Å²) >= 11 is 0. The first-order valence-electron chi connectivity index (χ1n) is 6.43. The molecule has 0 bridgehead atoms. The van der Waals surface area contributed by atoms with E-state index in [0.29, 0.717) is 12.5 Å². The first kappa shape index (κ1) is 11.5. The molecule has 0 saturated heterocycles. The zero-order valence-electron chi connectivity index (χ0n) is 11.1. The van der Waals surface area contributed by atoms with E-state index in [4.69, 9.17) is 0 Å². The molecule has 1 aromatic heterocycles. The molecule has 2 aromatic rings. The van der Waals surface area contributed by atoms with Crippen molar-refractivity contribution in [1.29, 1.82) is 0 Å². The standard InChI is InChI=1S/C15H18N2O/c1-10(2)15-11-6-4-5-7-12(11)17-13(15)8-16(3)9-14(17)18/h4-7,10H,8-9H2,1-3H3. The van der Waals surface area contributed by atoms with Gasteiger partial charge < -0.3 is 0 Å². The predicted octanol–water partition coefficient (Wildman–Crippen LogP) is 2.85. The molecule has 3 heteroatoms. The molecule has 18 heavy (non-hydrogen) atoms. The maximum absolute atomic E-state index is 12.3. The third kappa shape index (κ3) is 1.51. The predicted molar refractivity (Wildman–Crippen MR) is 73.0 cm³/mol. The Morgan fingerprint density at radius 1 is 1.17 bits per heavy atom. The molecule has 1 aliphatic heterocycles. The molecule has 0 atom stereocenters. The number of para-hydroxylation sites is 1. The van der Waals surface area contributed by atoms with Crippen LogP contribution >= 0.6 is 0 Å². The van der Waals surface area contributed by atoms with Gasteiger partial charge in [0.05, 0.1) is 12.1 Å². The van der Waals surface area contributed by atoms with Crippen LogP contribution in [0.15, 0.2) is 24.3 Å². The van der Waals surface area contributed by atoms with Crippen LogP contribution in [0.25, 0.3) is 10.9 Å². The van der Waals surface area contributed by atoms with Gasteiger partial charge in [-0.3, -0.25) is 14.3 Å². The van der Waals surface area contributed by atoms with Gasteiger partial charge >= 0.3 is 0 Å². The Kier molecular flexibility index (Phi) is 2.52. The molecule has 0 unspecified atom stereocenters. The van der Waals surface area contributed by atoms with Gasteiger partial charge in [0.25, 0.3) is 0 Å². The molecule has 3 rings (SSSR count). The van der Waals surface area contributed by atoms with Crippen molar-refractivity contribution in [3.63, 3.8) is 0 Å². The molecule has 0 N–H and O–H groups in total. The van der Waals surface area contributed by atoms with Crippen molar-refractivity contribution in [2.75, 3.05) is 13.6 Å². The topological polar surface area (TPSA) is 25.2 Å². The number of likely N-dealkylation sites (N-methyl/N-ethyl adjacent to an activating group) is 1. The van der Waals surface area contributed by atoms with Crippen LogP contribution < -0.4 is 0 Å². The third-order valence-electron chi connectivity index (χ3n) is 3.67. The fourth-order valence-corrected chi connectivity index (χ4v) is 3.02. The van der Waals surface area contributed by atoms with Crippen molar-refractivity contribution in [3.8, 4) is 0 Å². The highest BCUT2D eigenvalue weighted by Gasteiger charge is 2.27. The van der Waals surface area contributed by atoms with Crippen molar-refractivity contribution < 1.29 is 4.79 Å². The lowest BCUT2D eigenvalue weighted by Gasteiger charge is -2.25. The van der Waals surface area contributed by atoms with E-state index in [0.717, 1.165) is 12.1 Å². The highest BCUT2D eigenvalue weighted by Crippen LogP contribution is 2.34. The van der Waals surface area contributed by atoms with Crippen LogP contribution in [-0.4, -0.2) is 29.0 Å². The van der Waals surface area contributed by atoms with Crippen LogP contribution in [0.3, 0.4) is 0 Å². The van der Waals surface area contributed by atoms with E-state index < -0.39 is 0 Å². The smallest absolute Gasteiger partial charge is 0.245 e. The molecule has 1 aromatic carbocycles. The number of rotatable bonds is 1. The third-order valence-corrected chi connectivity index (χ3v) is 3.67. The van der Waals surface area contributed by atoms with Gasteiger partial charge in [-0.15, -0.1) is 0 Å². The molecule has 0 aliphatic carbocycles. The van der Waals surface area contributed by atoms with Crippen LogP contribution in [0.4, 0.5) is 0 Å². The summed E-state index contributed by atoms with van der Waals surface area (Å²) in [6.45, 7) is 5.75. The zero-order chi connectivity index (χ0) is 12.9. The van der Waals surface area contributed by atoms with Gasteiger partial charge in [0.15, 0.2) is 0 Å². The zero-order valence-corrected chi connectivity index (χ0v) is 11.1. The second-order valence-corrected chi connectivity index (χ2v) is 5.43. The van der Waals surface area contributed by atoms with Gasteiger partial charge in [0, 0.05) is 17.6 Å². The second-order valence-electron chi connectivity index (χ2n) is 5.43. The van der Waals surface area contributed by atoms with Crippen molar-refractivity contribution in [2.24, 2.45) is 0 Å². The summed E-state index contributed by atoms with van der Waals surface area (Å²) in [7, 11) is 2.00. The fraction of sp³-hybridized carbons (Fsp3) is 0.400. The highest BCUT2D eigenvalue weighted by molar-refractivity contribution is 5.97. The lowest BCUT2D eigenvalue weighted by Crippen LogP contribution is -2.36. The largest absolute Gasteiger partial charge is 0.292 e.